The van der Waals surface area contributed by atoms with Crippen LogP contribution in [-0.4, -0.2) is 68.3 Å². The maximum Gasteiger partial charge on any atom is 0.401 e. The van der Waals surface area contributed by atoms with Crippen molar-refractivity contribution in [3.05, 3.63) is 35.4 Å². The number of likely N-dealkylation sites (tertiary alicyclic amines) is 1. The molecule has 0 bridgehead atoms. The maximum absolute atomic E-state index is 13.7. The van der Waals surface area contributed by atoms with Gasteiger partial charge in [-0.1, -0.05) is 6.92 Å². The van der Waals surface area contributed by atoms with Gasteiger partial charge in [0.25, 0.3) is 0 Å². The highest BCUT2D eigenvalue weighted by Crippen LogP contribution is 2.21. The summed E-state index contributed by atoms with van der Waals surface area (Å²) in [7, 11) is 1.63. The second kappa shape index (κ2) is 11.9. The fourth-order valence-corrected chi connectivity index (χ4v) is 3.47. The first kappa shape index (κ1) is 25.9. The Kier molecular flexibility index (Phi) is 10.6. The van der Waals surface area contributed by atoms with Crippen molar-refractivity contribution in [2.45, 2.75) is 25.9 Å². The molecule has 2 rings (SSSR count). The second-order valence-electron chi connectivity index (χ2n) is 7.00. The minimum absolute atomic E-state index is 0. The summed E-state index contributed by atoms with van der Waals surface area (Å²) in [6.07, 6.45) is -3.11. The van der Waals surface area contributed by atoms with Gasteiger partial charge in [-0.2, -0.15) is 13.2 Å². The predicted octanol–water partition coefficient (Wildman–Crippen LogP) is 3.91. The first-order valence-corrected chi connectivity index (χ1v) is 9.40. The maximum atomic E-state index is 13.7. The molecule has 1 aliphatic heterocycles. The molecular formula is C19H28F5IN4. The second-order valence-corrected chi connectivity index (χ2v) is 7.00. The molecule has 0 aromatic heterocycles. The van der Waals surface area contributed by atoms with Crippen molar-refractivity contribution in [1.29, 1.82) is 0 Å². The number of halogens is 6. The molecule has 0 radical (unpaired) electrons. The molecule has 1 aliphatic rings. The van der Waals surface area contributed by atoms with Crippen LogP contribution < -0.4 is 5.32 Å². The minimum Gasteiger partial charge on any atom is -0.356 e. The highest BCUT2D eigenvalue weighted by atomic mass is 127. The molecule has 1 saturated heterocycles. The summed E-state index contributed by atoms with van der Waals surface area (Å²) >= 11 is 0. The molecule has 4 nitrogen and oxygen atoms in total. The highest BCUT2D eigenvalue weighted by molar-refractivity contribution is 14.0. The van der Waals surface area contributed by atoms with E-state index in [0.717, 1.165) is 18.6 Å². The van der Waals surface area contributed by atoms with Crippen LogP contribution in [0.1, 0.15) is 18.9 Å². The van der Waals surface area contributed by atoms with Gasteiger partial charge in [-0.25, -0.2) is 8.78 Å². The number of benzene rings is 1. The smallest absolute Gasteiger partial charge is 0.356 e. The minimum atomic E-state index is -4.20. The third-order valence-corrected chi connectivity index (χ3v) is 4.85. The lowest BCUT2D eigenvalue weighted by Gasteiger charge is -2.26. The van der Waals surface area contributed by atoms with E-state index in [2.05, 4.69) is 10.3 Å². The van der Waals surface area contributed by atoms with Gasteiger partial charge in [0.15, 0.2) is 5.96 Å². The molecule has 0 saturated carbocycles. The summed E-state index contributed by atoms with van der Waals surface area (Å²) in [5, 5.41) is 3.13. The fraction of sp³-hybridized carbons (Fsp3) is 0.632. The van der Waals surface area contributed by atoms with Gasteiger partial charge in [0, 0.05) is 33.2 Å². The summed E-state index contributed by atoms with van der Waals surface area (Å²) < 4.78 is 64.8. The van der Waals surface area contributed by atoms with Crippen molar-refractivity contribution in [2.24, 2.45) is 10.9 Å². The van der Waals surface area contributed by atoms with Gasteiger partial charge in [0.2, 0.25) is 0 Å². The van der Waals surface area contributed by atoms with E-state index in [1.54, 1.807) is 14.0 Å². The number of hydrogen-bond acceptors (Lipinski definition) is 2. The van der Waals surface area contributed by atoms with Crippen LogP contribution in [0.3, 0.4) is 0 Å². The van der Waals surface area contributed by atoms with Gasteiger partial charge in [-0.05, 0) is 49.1 Å². The number of alkyl halides is 3. The Morgan fingerprint density at radius 1 is 1.31 bits per heavy atom. The van der Waals surface area contributed by atoms with Gasteiger partial charge in [-0.15, -0.1) is 24.0 Å². The fourth-order valence-electron chi connectivity index (χ4n) is 3.47. The zero-order valence-corrected chi connectivity index (χ0v) is 18.9. The molecule has 0 aliphatic carbocycles. The molecule has 1 fully saturated rings. The van der Waals surface area contributed by atoms with Gasteiger partial charge in [0.05, 0.1) is 6.54 Å². The van der Waals surface area contributed by atoms with Crippen LogP contribution in [0.15, 0.2) is 23.2 Å². The van der Waals surface area contributed by atoms with Gasteiger partial charge < -0.3 is 10.2 Å². The number of nitrogens with one attached hydrogen (secondary N) is 1. The number of aliphatic imine (C=N–C) groups is 1. The molecule has 1 aromatic carbocycles. The Hall–Kier alpha value is -1.17. The monoisotopic (exact) mass is 534 g/mol. The quantitative estimate of drug-likeness (QED) is 0.249. The molecule has 0 amide bonds. The molecule has 1 N–H and O–H groups in total. The van der Waals surface area contributed by atoms with Crippen molar-refractivity contribution in [3.63, 3.8) is 0 Å². The van der Waals surface area contributed by atoms with Crippen LogP contribution in [0.25, 0.3) is 0 Å². The van der Waals surface area contributed by atoms with Crippen LogP contribution in [0.4, 0.5) is 22.0 Å². The van der Waals surface area contributed by atoms with Crippen LogP contribution >= 0.6 is 24.0 Å². The van der Waals surface area contributed by atoms with E-state index in [1.807, 2.05) is 4.90 Å². The average Bonchev–Trinajstić information content (AvgIpc) is 3.08. The van der Waals surface area contributed by atoms with Crippen molar-refractivity contribution < 1.29 is 22.0 Å². The summed E-state index contributed by atoms with van der Waals surface area (Å²) in [5.41, 5.74) is 0.285. The van der Waals surface area contributed by atoms with Crippen molar-refractivity contribution in [3.8, 4) is 0 Å². The number of nitrogens with zero attached hydrogens (tertiary/aromatic N) is 3. The number of rotatable bonds is 7. The van der Waals surface area contributed by atoms with Crippen molar-refractivity contribution in [2.75, 3.05) is 46.3 Å². The normalized spacial score (nSPS) is 17.6. The molecule has 29 heavy (non-hydrogen) atoms. The van der Waals surface area contributed by atoms with E-state index in [1.165, 1.54) is 11.0 Å². The lowest BCUT2D eigenvalue weighted by Crippen LogP contribution is -2.42. The molecule has 1 atom stereocenters. The SMILES string of the molecule is CCN(CC1CCN(C(=NC)NCCc2cc(F)ccc2F)C1)CC(F)(F)F.I. The van der Waals surface area contributed by atoms with E-state index < -0.39 is 24.4 Å². The lowest BCUT2D eigenvalue weighted by atomic mass is 10.1. The van der Waals surface area contributed by atoms with E-state index >= 15 is 0 Å². The van der Waals surface area contributed by atoms with Gasteiger partial charge in [0.1, 0.15) is 11.6 Å². The van der Waals surface area contributed by atoms with Crippen LogP contribution in [0.2, 0.25) is 0 Å². The average molecular weight is 534 g/mol. The van der Waals surface area contributed by atoms with E-state index in [9.17, 15) is 22.0 Å². The van der Waals surface area contributed by atoms with Crippen molar-refractivity contribution >= 4 is 29.9 Å². The molecule has 0 spiro atoms. The summed E-state index contributed by atoms with van der Waals surface area (Å²) in [5.74, 6) is -0.189. The third-order valence-electron chi connectivity index (χ3n) is 4.85. The third kappa shape index (κ3) is 8.61. The molecule has 1 aromatic rings. The summed E-state index contributed by atoms with van der Waals surface area (Å²) in [6, 6.07) is 3.35. The van der Waals surface area contributed by atoms with Crippen LogP contribution in [-0.2, 0) is 6.42 Å². The summed E-state index contributed by atoms with van der Waals surface area (Å²) in [6.45, 7) is 3.25. The molecule has 166 valence electrons. The first-order chi connectivity index (χ1) is 13.2. The Bertz CT molecular complexity index is 668. The van der Waals surface area contributed by atoms with E-state index in [4.69, 9.17) is 0 Å². The van der Waals surface area contributed by atoms with E-state index in [0.29, 0.717) is 45.1 Å². The lowest BCUT2D eigenvalue weighted by molar-refractivity contribution is -0.146. The Morgan fingerprint density at radius 3 is 2.66 bits per heavy atom. The topological polar surface area (TPSA) is 30.9 Å². The van der Waals surface area contributed by atoms with Crippen LogP contribution in [0.5, 0.6) is 0 Å². The number of guanidine groups is 1. The zero-order chi connectivity index (χ0) is 20.7. The first-order valence-electron chi connectivity index (χ1n) is 9.40. The Labute approximate surface area is 185 Å². The van der Waals surface area contributed by atoms with E-state index in [-0.39, 0.29) is 35.5 Å². The van der Waals surface area contributed by atoms with Gasteiger partial charge in [-0.3, -0.25) is 9.89 Å². The largest absolute Gasteiger partial charge is 0.401 e. The molecule has 1 unspecified atom stereocenters. The standard InChI is InChI=1S/C19H27F5N4.HI/c1-3-27(13-19(22,23)24)11-14-7-9-28(12-14)18(25-2)26-8-6-15-10-16(20)4-5-17(15)21;/h4-5,10,14H,3,6-9,11-13H2,1-2H3,(H,25,26);1H. The highest BCUT2D eigenvalue weighted by Gasteiger charge is 2.32. The number of hydrogen-bond donors (Lipinski definition) is 1. The molecular weight excluding hydrogens is 506 g/mol. The predicted molar refractivity (Wildman–Crippen MR) is 115 cm³/mol. The Balaban J connectivity index is 0.00000420. The van der Waals surface area contributed by atoms with Crippen molar-refractivity contribution in [1.82, 2.24) is 15.1 Å². The molecule has 10 heteroatoms. The van der Waals surface area contributed by atoms with Crippen LogP contribution in [0, 0.1) is 17.6 Å². The van der Waals surface area contributed by atoms with Gasteiger partial charge >= 0.3 is 6.18 Å². The summed E-state index contributed by atoms with van der Waals surface area (Å²) in [4.78, 5) is 7.61. The zero-order valence-electron chi connectivity index (χ0n) is 16.6. The molecule has 1 heterocycles. The Morgan fingerprint density at radius 2 is 2.03 bits per heavy atom.